The molecule has 2 heterocycles. The minimum atomic E-state index is 0.789. The van der Waals surface area contributed by atoms with Gasteiger partial charge >= 0.3 is 0 Å². The first-order valence-electron chi connectivity index (χ1n) is 8.04. The molecular formula is C18H25N3. The summed E-state index contributed by atoms with van der Waals surface area (Å²) in [5.74, 6) is 1.65. The van der Waals surface area contributed by atoms with Gasteiger partial charge < -0.3 is 10.6 Å². The fourth-order valence-corrected chi connectivity index (χ4v) is 3.50. The van der Waals surface area contributed by atoms with Crippen LogP contribution in [0.5, 0.6) is 0 Å². The van der Waals surface area contributed by atoms with Crippen LogP contribution >= 0.6 is 0 Å². The van der Waals surface area contributed by atoms with Gasteiger partial charge in [-0.3, -0.25) is 4.98 Å². The molecule has 0 saturated carbocycles. The Bertz CT molecular complexity index is 621. The quantitative estimate of drug-likeness (QED) is 0.844. The monoisotopic (exact) mass is 283 g/mol. The van der Waals surface area contributed by atoms with Gasteiger partial charge in [0.25, 0.3) is 0 Å². The summed E-state index contributed by atoms with van der Waals surface area (Å²) < 4.78 is 0. The van der Waals surface area contributed by atoms with Gasteiger partial charge in [0.15, 0.2) is 0 Å². The summed E-state index contributed by atoms with van der Waals surface area (Å²) in [6.07, 6.45) is 7.65. The van der Waals surface area contributed by atoms with Crippen molar-refractivity contribution in [2.24, 2.45) is 11.8 Å². The molecule has 1 aliphatic heterocycles. The van der Waals surface area contributed by atoms with Gasteiger partial charge in [-0.1, -0.05) is 13.8 Å². The zero-order valence-corrected chi connectivity index (χ0v) is 13.0. The zero-order chi connectivity index (χ0) is 14.8. The number of benzene rings is 1. The summed E-state index contributed by atoms with van der Waals surface area (Å²) in [6.45, 7) is 6.99. The first-order valence-corrected chi connectivity index (χ1v) is 8.04. The topological polar surface area (TPSA) is 42.1 Å². The number of rotatable bonds is 2. The standard InChI is InChI=1S/C18H25N3/c1-13(2)14-4-3-10-21(11-8-14)18-6-5-17(19)16-12-20-9-7-15(16)18/h5-7,9,12-14H,3-4,8,10-11,19H2,1-2H3. The fraction of sp³-hybridized carbons (Fsp3) is 0.500. The van der Waals surface area contributed by atoms with Gasteiger partial charge in [0.2, 0.25) is 0 Å². The number of nitrogens with zero attached hydrogens (tertiary/aromatic N) is 2. The van der Waals surface area contributed by atoms with Crippen LogP contribution < -0.4 is 10.6 Å². The number of pyridine rings is 1. The van der Waals surface area contributed by atoms with Crippen molar-refractivity contribution in [2.75, 3.05) is 23.7 Å². The molecule has 3 nitrogen and oxygen atoms in total. The van der Waals surface area contributed by atoms with Crippen LogP contribution in [0.25, 0.3) is 10.8 Å². The highest BCUT2D eigenvalue weighted by Crippen LogP contribution is 2.33. The van der Waals surface area contributed by atoms with Crippen molar-refractivity contribution < 1.29 is 0 Å². The van der Waals surface area contributed by atoms with Crippen LogP contribution in [0.3, 0.4) is 0 Å². The van der Waals surface area contributed by atoms with Gasteiger partial charge in [0.1, 0.15) is 0 Å². The van der Waals surface area contributed by atoms with Crippen LogP contribution in [0.15, 0.2) is 30.6 Å². The maximum Gasteiger partial charge on any atom is 0.0448 e. The van der Waals surface area contributed by atoms with Gasteiger partial charge in [-0.05, 0) is 49.3 Å². The van der Waals surface area contributed by atoms with Crippen LogP contribution in [0.4, 0.5) is 11.4 Å². The molecule has 112 valence electrons. The second-order valence-corrected chi connectivity index (χ2v) is 6.52. The molecular weight excluding hydrogens is 258 g/mol. The van der Waals surface area contributed by atoms with Gasteiger partial charge in [-0.15, -0.1) is 0 Å². The van der Waals surface area contributed by atoms with E-state index < -0.39 is 0 Å². The SMILES string of the molecule is CC(C)C1CCCN(c2ccc(N)c3cnccc23)CC1. The highest BCUT2D eigenvalue weighted by molar-refractivity contribution is 6.00. The highest BCUT2D eigenvalue weighted by Gasteiger charge is 2.20. The molecule has 1 aromatic carbocycles. The molecule has 0 bridgehead atoms. The molecule has 1 unspecified atom stereocenters. The molecule has 3 rings (SSSR count). The average molecular weight is 283 g/mol. The lowest BCUT2D eigenvalue weighted by Crippen LogP contribution is -2.24. The van der Waals surface area contributed by atoms with E-state index in [0.717, 1.165) is 36.0 Å². The number of nitrogens with two attached hydrogens (primary N) is 1. The Morgan fingerprint density at radius 2 is 2.00 bits per heavy atom. The molecule has 1 aliphatic rings. The molecule has 2 aromatic rings. The van der Waals surface area contributed by atoms with E-state index in [9.17, 15) is 0 Å². The van der Waals surface area contributed by atoms with Crippen LogP contribution in [-0.2, 0) is 0 Å². The van der Waals surface area contributed by atoms with Crippen molar-refractivity contribution in [3.8, 4) is 0 Å². The lowest BCUT2D eigenvalue weighted by atomic mass is 9.89. The van der Waals surface area contributed by atoms with E-state index in [2.05, 4.69) is 35.9 Å². The highest BCUT2D eigenvalue weighted by atomic mass is 15.1. The van der Waals surface area contributed by atoms with Crippen molar-refractivity contribution in [1.29, 1.82) is 0 Å². The van der Waals surface area contributed by atoms with E-state index in [1.54, 1.807) is 0 Å². The number of hydrogen-bond acceptors (Lipinski definition) is 3. The minimum absolute atomic E-state index is 0.789. The Morgan fingerprint density at radius 3 is 2.81 bits per heavy atom. The summed E-state index contributed by atoms with van der Waals surface area (Å²) in [7, 11) is 0. The Labute approximate surface area is 127 Å². The van der Waals surface area contributed by atoms with E-state index in [1.807, 2.05) is 18.5 Å². The summed E-state index contributed by atoms with van der Waals surface area (Å²) in [5.41, 5.74) is 8.22. The lowest BCUT2D eigenvalue weighted by Gasteiger charge is -2.25. The molecule has 1 fully saturated rings. The molecule has 1 atom stereocenters. The molecule has 21 heavy (non-hydrogen) atoms. The number of hydrogen-bond donors (Lipinski definition) is 1. The van der Waals surface area contributed by atoms with Crippen LogP contribution in [0, 0.1) is 11.8 Å². The molecule has 2 N–H and O–H groups in total. The summed E-state index contributed by atoms with van der Waals surface area (Å²) in [4.78, 5) is 6.75. The largest absolute Gasteiger partial charge is 0.398 e. The Morgan fingerprint density at radius 1 is 1.14 bits per heavy atom. The summed E-state index contributed by atoms with van der Waals surface area (Å²) >= 11 is 0. The van der Waals surface area contributed by atoms with Crippen molar-refractivity contribution in [3.05, 3.63) is 30.6 Å². The Kier molecular flexibility index (Phi) is 4.00. The van der Waals surface area contributed by atoms with Crippen molar-refractivity contribution in [3.63, 3.8) is 0 Å². The molecule has 0 aliphatic carbocycles. The van der Waals surface area contributed by atoms with Gasteiger partial charge in [0, 0.05) is 47.6 Å². The maximum atomic E-state index is 6.09. The van der Waals surface area contributed by atoms with Gasteiger partial charge in [-0.2, -0.15) is 0 Å². The smallest absolute Gasteiger partial charge is 0.0448 e. The second-order valence-electron chi connectivity index (χ2n) is 6.52. The number of aromatic nitrogens is 1. The van der Waals surface area contributed by atoms with Crippen LogP contribution in [0.2, 0.25) is 0 Å². The van der Waals surface area contributed by atoms with Crippen molar-refractivity contribution in [1.82, 2.24) is 4.98 Å². The van der Waals surface area contributed by atoms with Crippen molar-refractivity contribution >= 4 is 22.1 Å². The van der Waals surface area contributed by atoms with Gasteiger partial charge in [-0.25, -0.2) is 0 Å². The third kappa shape index (κ3) is 2.82. The first-order chi connectivity index (χ1) is 10.2. The van der Waals surface area contributed by atoms with Crippen LogP contribution in [0.1, 0.15) is 33.1 Å². The fourth-order valence-electron chi connectivity index (χ4n) is 3.50. The average Bonchev–Trinajstić information content (AvgIpc) is 2.74. The van der Waals surface area contributed by atoms with E-state index in [-0.39, 0.29) is 0 Å². The summed E-state index contributed by atoms with van der Waals surface area (Å²) in [6, 6.07) is 6.28. The Balaban J connectivity index is 1.92. The Hall–Kier alpha value is -1.77. The molecule has 3 heteroatoms. The molecule has 0 amide bonds. The van der Waals surface area contributed by atoms with E-state index in [0.29, 0.717) is 0 Å². The second kappa shape index (κ2) is 5.92. The number of anilines is 2. The number of nitrogen functional groups attached to an aromatic ring is 1. The predicted octanol–water partition coefficient (Wildman–Crippen LogP) is 4.08. The molecule has 1 aromatic heterocycles. The molecule has 0 radical (unpaired) electrons. The van der Waals surface area contributed by atoms with Crippen LogP contribution in [-0.4, -0.2) is 18.1 Å². The van der Waals surface area contributed by atoms with Gasteiger partial charge in [0.05, 0.1) is 0 Å². The third-order valence-corrected chi connectivity index (χ3v) is 4.89. The van der Waals surface area contributed by atoms with E-state index >= 15 is 0 Å². The lowest BCUT2D eigenvalue weighted by molar-refractivity contribution is 0.351. The third-order valence-electron chi connectivity index (χ3n) is 4.89. The van der Waals surface area contributed by atoms with E-state index in [1.165, 1.54) is 30.3 Å². The first kappa shape index (κ1) is 14.2. The van der Waals surface area contributed by atoms with Crippen molar-refractivity contribution in [2.45, 2.75) is 33.1 Å². The summed E-state index contributed by atoms with van der Waals surface area (Å²) in [5, 5.41) is 2.30. The number of fused-ring (bicyclic) bond motifs is 1. The molecule has 0 spiro atoms. The molecule has 1 saturated heterocycles. The minimum Gasteiger partial charge on any atom is -0.398 e. The zero-order valence-electron chi connectivity index (χ0n) is 13.0. The predicted molar refractivity (Wildman–Crippen MR) is 90.5 cm³/mol. The normalized spacial score (nSPS) is 20.0. The van der Waals surface area contributed by atoms with E-state index in [4.69, 9.17) is 5.73 Å². The maximum absolute atomic E-state index is 6.09.